The molecule has 0 bridgehead atoms. The zero-order chi connectivity index (χ0) is 21.5. The number of nitrogens with one attached hydrogen (secondary N) is 1. The summed E-state index contributed by atoms with van der Waals surface area (Å²) in [6, 6.07) is 6.49. The summed E-state index contributed by atoms with van der Waals surface area (Å²) in [6.45, 7) is 3.98. The number of ether oxygens (including phenoxy) is 1. The van der Waals surface area contributed by atoms with E-state index in [4.69, 9.17) is 10.5 Å². The van der Waals surface area contributed by atoms with E-state index < -0.39 is 0 Å². The van der Waals surface area contributed by atoms with Crippen molar-refractivity contribution in [2.24, 2.45) is 5.73 Å². The van der Waals surface area contributed by atoms with Crippen molar-refractivity contribution < 1.29 is 14.3 Å². The Labute approximate surface area is 179 Å². The maximum absolute atomic E-state index is 12.0. The average molecular weight is 417 g/mol. The molecule has 30 heavy (non-hydrogen) atoms. The third kappa shape index (κ3) is 5.95. The van der Waals surface area contributed by atoms with Gasteiger partial charge in [0.1, 0.15) is 5.75 Å². The van der Waals surface area contributed by atoms with E-state index in [1.54, 1.807) is 7.11 Å². The number of likely N-dealkylation sites (N-methyl/N-ethyl adjacent to an activating group) is 1. The molecule has 7 heteroatoms. The number of piperazine rings is 1. The molecule has 1 atom stereocenters. The fourth-order valence-electron chi connectivity index (χ4n) is 4.37. The van der Waals surface area contributed by atoms with Gasteiger partial charge in [0, 0.05) is 38.6 Å². The maximum Gasteiger partial charge on any atom is 0.234 e. The van der Waals surface area contributed by atoms with E-state index in [-0.39, 0.29) is 17.7 Å². The smallest absolute Gasteiger partial charge is 0.234 e. The van der Waals surface area contributed by atoms with Crippen LogP contribution in [0.4, 0.5) is 5.69 Å². The third-order valence-electron chi connectivity index (χ3n) is 6.34. The number of nitrogens with zero attached hydrogens (tertiary/aromatic N) is 2. The van der Waals surface area contributed by atoms with Crippen LogP contribution in [0.2, 0.25) is 0 Å². The number of methoxy groups -OCH3 is 1. The van der Waals surface area contributed by atoms with Crippen molar-refractivity contribution in [2.45, 2.75) is 56.9 Å². The van der Waals surface area contributed by atoms with Gasteiger partial charge in [-0.05, 0) is 44.0 Å². The molecule has 0 spiro atoms. The van der Waals surface area contributed by atoms with Gasteiger partial charge < -0.3 is 20.3 Å². The van der Waals surface area contributed by atoms with E-state index in [1.807, 2.05) is 18.2 Å². The topological polar surface area (TPSA) is 87.9 Å². The van der Waals surface area contributed by atoms with Gasteiger partial charge in [0.15, 0.2) is 0 Å². The quantitative estimate of drug-likeness (QED) is 0.735. The molecule has 0 radical (unpaired) electrons. The van der Waals surface area contributed by atoms with Gasteiger partial charge >= 0.3 is 0 Å². The van der Waals surface area contributed by atoms with Crippen molar-refractivity contribution in [3.05, 3.63) is 23.8 Å². The van der Waals surface area contributed by atoms with Crippen LogP contribution >= 0.6 is 0 Å². The van der Waals surface area contributed by atoms with Gasteiger partial charge in [-0.25, -0.2) is 0 Å². The molecule has 1 aliphatic carbocycles. The number of rotatable bonds is 3. The summed E-state index contributed by atoms with van der Waals surface area (Å²) in [7, 11) is 3.78. The van der Waals surface area contributed by atoms with Crippen molar-refractivity contribution >= 4 is 17.5 Å². The Morgan fingerprint density at radius 2 is 1.73 bits per heavy atom. The van der Waals surface area contributed by atoms with Gasteiger partial charge in [0.2, 0.25) is 11.8 Å². The Bertz CT molecular complexity index is 725. The predicted octanol–water partition coefficient (Wildman–Crippen LogP) is 2.25. The highest BCUT2D eigenvalue weighted by Crippen LogP contribution is 2.34. The summed E-state index contributed by atoms with van der Waals surface area (Å²) in [5.74, 6) is 0.114. The number of benzene rings is 1. The molecule has 2 saturated heterocycles. The molecule has 1 unspecified atom stereocenters. The van der Waals surface area contributed by atoms with E-state index in [9.17, 15) is 9.59 Å². The van der Waals surface area contributed by atoms with E-state index in [1.165, 1.54) is 32.1 Å². The standard InChI is InChI=1S/C17H23N3O3.C6H13N/c1-19-7-9-20(10-8-19)14-5-3-12(11-15(14)23-2)13-4-6-16(21)18-17(13)22;7-6-4-2-1-3-5-6/h3,5,11,13H,4,6-10H2,1-2H3,(H,18,21,22);6H,1-5,7H2. The highest BCUT2D eigenvalue weighted by molar-refractivity contribution is 6.01. The van der Waals surface area contributed by atoms with Crippen LogP contribution in [0.5, 0.6) is 5.75 Å². The van der Waals surface area contributed by atoms with Crippen LogP contribution in [0, 0.1) is 0 Å². The number of carbonyl (C=O) groups is 2. The largest absolute Gasteiger partial charge is 0.495 e. The molecule has 1 saturated carbocycles. The molecule has 3 fully saturated rings. The van der Waals surface area contributed by atoms with Crippen molar-refractivity contribution in [1.82, 2.24) is 10.2 Å². The Balaban J connectivity index is 0.000000310. The number of amides is 2. The van der Waals surface area contributed by atoms with Crippen LogP contribution < -0.4 is 20.7 Å². The average Bonchev–Trinajstić information content (AvgIpc) is 2.75. The molecule has 1 aromatic rings. The first-order valence-corrected chi connectivity index (χ1v) is 11.2. The van der Waals surface area contributed by atoms with Crippen LogP contribution in [0.15, 0.2) is 18.2 Å². The molecule has 4 rings (SSSR count). The molecule has 2 heterocycles. The fraction of sp³-hybridized carbons (Fsp3) is 0.652. The molecular formula is C23H36N4O3. The van der Waals surface area contributed by atoms with Crippen molar-refractivity contribution in [1.29, 1.82) is 0 Å². The summed E-state index contributed by atoms with van der Waals surface area (Å²) >= 11 is 0. The SMILES string of the molecule is COc1cc(C2CCC(=O)NC2=O)ccc1N1CCN(C)CC1.NC1CCCCC1. The van der Waals surface area contributed by atoms with Crippen molar-refractivity contribution in [3.8, 4) is 5.75 Å². The molecule has 166 valence electrons. The Morgan fingerprint density at radius 3 is 2.30 bits per heavy atom. The lowest BCUT2D eigenvalue weighted by molar-refractivity contribution is -0.134. The van der Waals surface area contributed by atoms with Crippen molar-refractivity contribution in [2.75, 3.05) is 45.2 Å². The molecule has 2 amide bonds. The summed E-state index contributed by atoms with van der Waals surface area (Å²) in [5, 5.41) is 2.41. The van der Waals surface area contributed by atoms with Crippen LogP contribution in [-0.2, 0) is 9.59 Å². The normalized spacial score (nSPS) is 23.4. The monoisotopic (exact) mass is 416 g/mol. The lowest BCUT2D eigenvalue weighted by Crippen LogP contribution is -2.44. The van der Waals surface area contributed by atoms with Gasteiger partial charge in [-0.3, -0.25) is 14.9 Å². The second-order valence-corrected chi connectivity index (χ2v) is 8.62. The van der Waals surface area contributed by atoms with Gasteiger partial charge in [-0.2, -0.15) is 0 Å². The first-order chi connectivity index (χ1) is 14.5. The summed E-state index contributed by atoms with van der Waals surface area (Å²) in [4.78, 5) is 28.0. The lowest BCUT2D eigenvalue weighted by atomic mass is 9.90. The zero-order valence-electron chi connectivity index (χ0n) is 18.4. The summed E-state index contributed by atoms with van der Waals surface area (Å²) < 4.78 is 5.56. The molecule has 1 aromatic carbocycles. The van der Waals surface area contributed by atoms with E-state index in [2.05, 4.69) is 22.2 Å². The Morgan fingerprint density at radius 1 is 1.03 bits per heavy atom. The van der Waals surface area contributed by atoms with E-state index >= 15 is 0 Å². The Kier molecular flexibility index (Phi) is 8.10. The minimum absolute atomic E-state index is 0.188. The second kappa shape index (κ2) is 10.8. The van der Waals surface area contributed by atoms with Gasteiger partial charge in [-0.1, -0.05) is 25.3 Å². The van der Waals surface area contributed by atoms with Crippen LogP contribution in [-0.4, -0.2) is 63.1 Å². The number of imide groups is 1. The number of piperidine rings is 1. The number of hydrogen-bond donors (Lipinski definition) is 2. The fourth-order valence-corrected chi connectivity index (χ4v) is 4.37. The number of anilines is 1. The van der Waals surface area contributed by atoms with E-state index in [0.29, 0.717) is 18.9 Å². The van der Waals surface area contributed by atoms with Gasteiger partial charge in [0.25, 0.3) is 0 Å². The first kappa shape index (κ1) is 22.6. The molecule has 0 aromatic heterocycles. The lowest BCUT2D eigenvalue weighted by Gasteiger charge is -2.35. The highest BCUT2D eigenvalue weighted by atomic mass is 16.5. The van der Waals surface area contributed by atoms with Gasteiger partial charge in [0.05, 0.1) is 18.7 Å². The highest BCUT2D eigenvalue weighted by Gasteiger charge is 2.29. The molecule has 2 aliphatic heterocycles. The van der Waals surface area contributed by atoms with Crippen LogP contribution in [0.3, 0.4) is 0 Å². The van der Waals surface area contributed by atoms with Crippen molar-refractivity contribution in [3.63, 3.8) is 0 Å². The maximum atomic E-state index is 12.0. The predicted molar refractivity (Wildman–Crippen MR) is 119 cm³/mol. The number of carbonyl (C=O) groups excluding carboxylic acids is 2. The summed E-state index contributed by atoms with van der Waals surface area (Å²) in [5.41, 5.74) is 7.61. The molecular weight excluding hydrogens is 380 g/mol. The summed E-state index contributed by atoms with van der Waals surface area (Å²) in [6.07, 6.45) is 7.61. The minimum Gasteiger partial charge on any atom is -0.495 e. The minimum atomic E-state index is -0.275. The molecule has 3 N–H and O–H groups in total. The molecule has 3 aliphatic rings. The third-order valence-corrected chi connectivity index (χ3v) is 6.34. The number of hydrogen-bond acceptors (Lipinski definition) is 6. The van der Waals surface area contributed by atoms with E-state index in [0.717, 1.165) is 43.2 Å². The van der Waals surface area contributed by atoms with Gasteiger partial charge in [-0.15, -0.1) is 0 Å². The Hall–Kier alpha value is -2.12. The first-order valence-electron chi connectivity index (χ1n) is 11.2. The second-order valence-electron chi connectivity index (χ2n) is 8.62. The van der Waals surface area contributed by atoms with Crippen LogP contribution in [0.1, 0.15) is 56.4 Å². The number of nitrogens with two attached hydrogens (primary N) is 1. The molecule has 7 nitrogen and oxygen atoms in total. The zero-order valence-corrected chi connectivity index (χ0v) is 18.4. The van der Waals surface area contributed by atoms with Crippen LogP contribution in [0.25, 0.3) is 0 Å².